The Kier molecular flexibility index (Phi) is 4.13. The van der Waals surface area contributed by atoms with Crippen molar-refractivity contribution in [1.29, 1.82) is 0 Å². The number of para-hydroxylation sites is 1. The summed E-state index contributed by atoms with van der Waals surface area (Å²) in [5, 5.41) is 8.20. The van der Waals surface area contributed by atoms with Gasteiger partial charge in [0.2, 0.25) is 0 Å². The van der Waals surface area contributed by atoms with Gasteiger partial charge in [-0.2, -0.15) is 9.50 Å². The van der Waals surface area contributed by atoms with Crippen LogP contribution in [0.5, 0.6) is 0 Å². The van der Waals surface area contributed by atoms with Gasteiger partial charge in [-0.3, -0.25) is 0 Å². The largest absolute Gasteiger partial charge is 0.340 e. The first-order valence-corrected chi connectivity index (χ1v) is 8.80. The van der Waals surface area contributed by atoms with Crippen LogP contribution in [0.25, 0.3) is 17.2 Å². The highest BCUT2D eigenvalue weighted by Crippen LogP contribution is 2.24. The topological polar surface area (TPSA) is 55.1 Å². The minimum Gasteiger partial charge on any atom is -0.340 e. The minimum absolute atomic E-state index is 0.595. The summed E-state index contributed by atoms with van der Waals surface area (Å²) in [4.78, 5) is 9.17. The van der Waals surface area contributed by atoms with Gasteiger partial charge < -0.3 is 5.32 Å². The summed E-state index contributed by atoms with van der Waals surface area (Å²) < 4.78 is 1.77. The van der Waals surface area contributed by atoms with E-state index < -0.39 is 0 Å². The average Bonchev–Trinajstić information content (AvgIpc) is 3.06. The van der Waals surface area contributed by atoms with Crippen LogP contribution in [0.3, 0.4) is 0 Å². The van der Waals surface area contributed by atoms with Gasteiger partial charge >= 0.3 is 0 Å². The lowest BCUT2D eigenvalue weighted by molar-refractivity contribution is 0.939. The zero-order valence-electron chi connectivity index (χ0n) is 15.2. The fourth-order valence-electron chi connectivity index (χ4n) is 3.07. The van der Waals surface area contributed by atoms with Gasteiger partial charge in [0.15, 0.2) is 5.82 Å². The van der Waals surface area contributed by atoms with E-state index in [-0.39, 0.29) is 0 Å². The quantitative estimate of drug-likeness (QED) is 0.583. The molecule has 0 bridgehead atoms. The Bertz CT molecular complexity index is 1080. The lowest BCUT2D eigenvalue weighted by atomic mass is 10.1. The van der Waals surface area contributed by atoms with Gasteiger partial charge in [-0.05, 0) is 38.0 Å². The third kappa shape index (κ3) is 3.04. The molecule has 0 saturated carbocycles. The molecule has 4 rings (SSSR count). The zero-order valence-corrected chi connectivity index (χ0v) is 15.2. The molecule has 0 aliphatic heterocycles. The molecule has 0 spiro atoms. The van der Waals surface area contributed by atoms with E-state index >= 15 is 0 Å². The maximum atomic E-state index is 4.70. The van der Waals surface area contributed by atoms with Crippen molar-refractivity contribution >= 4 is 17.3 Å². The van der Waals surface area contributed by atoms with Crippen molar-refractivity contribution in [2.75, 3.05) is 5.32 Å². The Morgan fingerprint density at radius 1 is 0.962 bits per heavy atom. The number of hydrogen-bond acceptors (Lipinski definition) is 4. The van der Waals surface area contributed by atoms with E-state index in [9.17, 15) is 0 Å². The monoisotopic (exact) mass is 343 g/mol. The number of nitrogens with zero attached hydrogens (tertiary/aromatic N) is 4. The molecule has 1 N–H and O–H groups in total. The number of nitrogens with one attached hydrogen (secondary N) is 1. The van der Waals surface area contributed by atoms with Crippen LogP contribution in [0.4, 0.5) is 11.5 Å². The van der Waals surface area contributed by atoms with Crippen LogP contribution in [0.1, 0.15) is 23.7 Å². The lowest BCUT2D eigenvalue weighted by Gasteiger charge is -2.12. The van der Waals surface area contributed by atoms with E-state index in [0.717, 1.165) is 29.2 Å². The van der Waals surface area contributed by atoms with Crippen molar-refractivity contribution in [3.63, 3.8) is 0 Å². The Hall–Kier alpha value is -3.21. The summed E-state index contributed by atoms with van der Waals surface area (Å²) >= 11 is 0. The molecule has 26 heavy (non-hydrogen) atoms. The molecule has 5 nitrogen and oxygen atoms in total. The number of aryl methyl sites for hydroxylation is 3. The van der Waals surface area contributed by atoms with E-state index in [1.54, 1.807) is 4.52 Å². The summed E-state index contributed by atoms with van der Waals surface area (Å²) in [5.74, 6) is 2.14. The highest BCUT2D eigenvalue weighted by molar-refractivity contribution is 5.64. The van der Waals surface area contributed by atoms with Crippen molar-refractivity contribution in [1.82, 2.24) is 19.6 Å². The molecule has 5 heteroatoms. The number of rotatable bonds is 4. The second-order valence-corrected chi connectivity index (χ2v) is 6.44. The minimum atomic E-state index is 0.595. The average molecular weight is 343 g/mol. The maximum absolute atomic E-state index is 4.70. The Morgan fingerprint density at radius 3 is 2.62 bits per heavy atom. The molecule has 0 aliphatic carbocycles. The van der Waals surface area contributed by atoms with Gasteiger partial charge in [-0.1, -0.05) is 48.9 Å². The van der Waals surface area contributed by atoms with E-state index in [0.29, 0.717) is 11.6 Å². The van der Waals surface area contributed by atoms with E-state index in [1.165, 1.54) is 11.1 Å². The van der Waals surface area contributed by atoms with E-state index in [4.69, 9.17) is 5.10 Å². The Morgan fingerprint density at radius 2 is 1.81 bits per heavy atom. The first kappa shape index (κ1) is 16.3. The molecule has 4 aromatic rings. The number of hydrogen-bond donors (Lipinski definition) is 1. The maximum Gasteiger partial charge on any atom is 0.254 e. The van der Waals surface area contributed by atoms with Crippen LogP contribution >= 0.6 is 0 Å². The molecule has 130 valence electrons. The third-order valence-electron chi connectivity index (χ3n) is 4.38. The second-order valence-electron chi connectivity index (χ2n) is 6.44. The molecule has 0 saturated heterocycles. The number of aromatic nitrogens is 4. The number of benzene rings is 2. The Balaban J connectivity index is 1.82. The summed E-state index contributed by atoms with van der Waals surface area (Å²) in [5.41, 5.74) is 5.41. The van der Waals surface area contributed by atoms with Gasteiger partial charge in [0.1, 0.15) is 5.82 Å². The summed E-state index contributed by atoms with van der Waals surface area (Å²) in [7, 11) is 0. The van der Waals surface area contributed by atoms with Crippen LogP contribution in [-0.2, 0) is 6.42 Å². The van der Waals surface area contributed by atoms with Gasteiger partial charge in [-0.15, -0.1) is 5.10 Å². The first-order chi connectivity index (χ1) is 12.6. The SMILES string of the molecule is CCc1ccccc1Nc1cc(C)nc2nc(-c3cccc(C)c3)nn12. The predicted octanol–water partition coefficient (Wildman–Crippen LogP) is 4.71. The highest BCUT2D eigenvalue weighted by Gasteiger charge is 2.12. The van der Waals surface area contributed by atoms with Crippen LogP contribution in [-0.4, -0.2) is 19.6 Å². The molecule has 0 aliphatic rings. The fraction of sp³-hybridized carbons (Fsp3) is 0.190. The van der Waals surface area contributed by atoms with Crippen molar-refractivity contribution in [3.05, 3.63) is 71.4 Å². The Labute approximate surface area is 152 Å². The molecular weight excluding hydrogens is 322 g/mol. The van der Waals surface area contributed by atoms with Crippen LogP contribution < -0.4 is 5.32 Å². The highest BCUT2D eigenvalue weighted by atomic mass is 15.4. The molecule has 0 atom stereocenters. The molecular formula is C21H21N5. The summed E-state index contributed by atoms with van der Waals surface area (Å²) in [6.07, 6.45) is 0.961. The van der Waals surface area contributed by atoms with Gasteiger partial charge in [0.25, 0.3) is 5.78 Å². The first-order valence-electron chi connectivity index (χ1n) is 8.80. The molecule has 0 amide bonds. The molecule has 0 radical (unpaired) electrons. The van der Waals surface area contributed by atoms with Crippen LogP contribution in [0.15, 0.2) is 54.6 Å². The third-order valence-corrected chi connectivity index (χ3v) is 4.38. The summed E-state index contributed by atoms with van der Waals surface area (Å²) in [6.45, 7) is 6.19. The molecule has 2 heterocycles. The smallest absolute Gasteiger partial charge is 0.254 e. The second kappa shape index (κ2) is 6.59. The van der Waals surface area contributed by atoms with Crippen molar-refractivity contribution in [3.8, 4) is 11.4 Å². The van der Waals surface area contributed by atoms with E-state index in [2.05, 4.69) is 59.5 Å². The zero-order chi connectivity index (χ0) is 18.1. The number of anilines is 2. The molecule has 2 aromatic carbocycles. The summed E-state index contributed by atoms with van der Waals surface area (Å²) in [6, 6.07) is 18.5. The number of fused-ring (bicyclic) bond motifs is 1. The molecule has 2 aromatic heterocycles. The van der Waals surface area contributed by atoms with Crippen molar-refractivity contribution in [2.45, 2.75) is 27.2 Å². The standard InChI is InChI=1S/C21H21N5/c1-4-16-9-5-6-11-18(16)23-19-13-15(3)22-21-24-20(25-26(19)21)17-10-7-8-14(2)12-17/h5-13,23H,4H2,1-3H3. The van der Waals surface area contributed by atoms with Gasteiger partial charge in [-0.25, -0.2) is 4.98 Å². The fourth-order valence-corrected chi connectivity index (χ4v) is 3.07. The van der Waals surface area contributed by atoms with Gasteiger partial charge in [0, 0.05) is 23.0 Å². The molecule has 0 unspecified atom stereocenters. The van der Waals surface area contributed by atoms with Crippen molar-refractivity contribution < 1.29 is 0 Å². The van der Waals surface area contributed by atoms with Crippen LogP contribution in [0, 0.1) is 13.8 Å². The lowest BCUT2D eigenvalue weighted by Crippen LogP contribution is -2.04. The van der Waals surface area contributed by atoms with Crippen LogP contribution in [0.2, 0.25) is 0 Å². The normalized spacial score (nSPS) is 11.0. The van der Waals surface area contributed by atoms with Crippen molar-refractivity contribution in [2.24, 2.45) is 0 Å². The van der Waals surface area contributed by atoms with E-state index in [1.807, 2.05) is 31.2 Å². The molecule has 0 fully saturated rings. The van der Waals surface area contributed by atoms with Gasteiger partial charge in [0.05, 0.1) is 0 Å². The predicted molar refractivity (Wildman–Crippen MR) is 105 cm³/mol.